The smallest absolute Gasteiger partial charge is 0.234 e. The highest BCUT2D eigenvalue weighted by Gasteiger charge is 2.30. The third-order valence-corrected chi connectivity index (χ3v) is 6.65. The lowest BCUT2D eigenvalue weighted by Gasteiger charge is -2.32. The fourth-order valence-electron chi connectivity index (χ4n) is 3.56. The van der Waals surface area contributed by atoms with Crippen molar-refractivity contribution < 1.29 is 9.59 Å². The normalized spacial score (nSPS) is 18.5. The van der Waals surface area contributed by atoms with E-state index >= 15 is 0 Å². The van der Waals surface area contributed by atoms with E-state index in [-0.39, 0.29) is 23.5 Å². The van der Waals surface area contributed by atoms with Gasteiger partial charge in [0.1, 0.15) is 5.03 Å². The van der Waals surface area contributed by atoms with Gasteiger partial charge in [-0.25, -0.2) is 0 Å². The summed E-state index contributed by atoms with van der Waals surface area (Å²) in [5, 5.41) is 15.8. The summed E-state index contributed by atoms with van der Waals surface area (Å²) < 4.78 is 0. The molecule has 1 aliphatic carbocycles. The van der Waals surface area contributed by atoms with Crippen LogP contribution in [0.3, 0.4) is 0 Å². The molecule has 0 radical (unpaired) electrons. The van der Waals surface area contributed by atoms with Gasteiger partial charge in [0, 0.05) is 29.8 Å². The Morgan fingerprint density at radius 3 is 2.77 bits per heavy atom. The number of hydrogen-bond donors (Lipinski definition) is 2. The molecule has 164 valence electrons. The Kier molecular flexibility index (Phi) is 6.97. The molecule has 2 amide bonds. The SMILES string of the molecule is Cc1ccc(Cl)cc1NC(=O)CSc1ccc(N2CCCC(C(=O)NC3CC3)C2)nn1. The molecule has 9 heteroatoms. The van der Waals surface area contributed by atoms with Crippen LogP contribution in [0.15, 0.2) is 35.4 Å². The van der Waals surface area contributed by atoms with Crippen LogP contribution in [-0.2, 0) is 9.59 Å². The van der Waals surface area contributed by atoms with E-state index in [0.717, 1.165) is 43.6 Å². The quantitative estimate of drug-likeness (QED) is 0.614. The van der Waals surface area contributed by atoms with Crippen LogP contribution in [-0.4, -0.2) is 46.9 Å². The van der Waals surface area contributed by atoms with Crippen molar-refractivity contribution in [2.75, 3.05) is 29.1 Å². The van der Waals surface area contributed by atoms with Gasteiger partial charge in [-0.15, -0.1) is 10.2 Å². The number of carbonyl (C=O) groups is 2. The van der Waals surface area contributed by atoms with E-state index in [0.29, 0.717) is 28.3 Å². The molecule has 2 aliphatic rings. The molecule has 31 heavy (non-hydrogen) atoms. The first-order chi connectivity index (χ1) is 15.0. The zero-order chi connectivity index (χ0) is 21.8. The first kappa shape index (κ1) is 21.9. The van der Waals surface area contributed by atoms with Gasteiger partial charge in [-0.1, -0.05) is 29.4 Å². The maximum atomic E-state index is 12.4. The molecule has 1 aromatic carbocycles. The van der Waals surface area contributed by atoms with Crippen molar-refractivity contribution in [3.63, 3.8) is 0 Å². The van der Waals surface area contributed by atoms with Crippen LogP contribution in [0.5, 0.6) is 0 Å². The van der Waals surface area contributed by atoms with Gasteiger partial charge >= 0.3 is 0 Å². The molecule has 0 bridgehead atoms. The van der Waals surface area contributed by atoms with Gasteiger partial charge < -0.3 is 15.5 Å². The second-order valence-electron chi connectivity index (χ2n) is 8.09. The largest absolute Gasteiger partial charge is 0.354 e. The van der Waals surface area contributed by atoms with Gasteiger partial charge in [0.15, 0.2) is 5.82 Å². The van der Waals surface area contributed by atoms with E-state index in [1.807, 2.05) is 25.1 Å². The van der Waals surface area contributed by atoms with Gasteiger partial charge in [0.05, 0.1) is 11.7 Å². The molecule has 1 unspecified atom stereocenters. The molecular weight excluding hydrogens is 434 g/mol. The fraction of sp³-hybridized carbons (Fsp3) is 0.455. The highest BCUT2D eigenvalue weighted by molar-refractivity contribution is 7.99. The Bertz CT molecular complexity index is 951. The summed E-state index contributed by atoms with van der Waals surface area (Å²) in [6.45, 7) is 3.46. The van der Waals surface area contributed by atoms with Gasteiger partial charge in [0.25, 0.3) is 0 Å². The minimum absolute atomic E-state index is 0.00356. The maximum Gasteiger partial charge on any atom is 0.234 e. The molecule has 1 atom stereocenters. The Balaban J connectivity index is 1.28. The third-order valence-electron chi connectivity index (χ3n) is 5.49. The zero-order valence-electron chi connectivity index (χ0n) is 17.4. The number of hydrogen-bond acceptors (Lipinski definition) is 6. The third kappa shape index (κ3) is 6.11. The zero-order valence-corrected chi connectivity index (χ0v) is 19.0. The summed E-state index contributed by atoms with van der Waals surface area (Å²) in [5.74, 6) is 1.04. The number of amides is 2. The first-order valence-electron chi connectivity index (χ1n) is 10.6. The second kappa shape index (κ2) is 9.87. The van der Waals surface area contributed by atoms with E-state index in [1.165, 1.54) is 11.8 Å². The van der Waals surface area contributed by atoms with Crippen LogP contribution in [0, 0.1) is 12.8 Å². The molecule has 2 N–H and O–H groups in total. The molecule has 0 spiro atoms. The number of carbonyl (C=O) groups excluding carboxylic acids is 2. The predicted octanol–water partition coefficient (Wildman–Crippen LogP) is 3.66. The number of benzene rings is 1. The minimum atomic E-state index is -0.123. The van der Waals surface area contributed by atoms with Crippen molar-refractivity contribution in [1.82, 2.24) is 15.5 Å². The van der Waals surface area contributed by atoms with Crippen LogP contribution >= 0.6 is 23.4 Å². The van der Waals surface area contributed by atoms with Gasteiger partial charge in [-0.2, -0.15) is 0 Å². The fourth-order valence-corrected chi connectivity index (χ4v) is 4.35. The number of thioether (sulfide) groups is 1. The molecule has 2 aromatic rings. The molecular formula is C22H26ClN5O2S. The van der Waals surface area contributed by atoms with E-state index < -0.39 is 0 Å². The van der Waals surface area contributed by atoms with Crippen molar-refractivity contribution in [1.29, 1.82) is 0 Å². The highest BCUT2D eigenvalue weighted by atomic mass is 35.5. The van der Waals surface area contributed by atoms with Crippen LogP contribution in [0.2, 0.25) is 5.02 Å². The Morgan fingerprint density at radius 1 is 1.19 bits per heavy atom. The number of aromatic nitrogens is 2. The van der Waals surface area contributed by atoms with Gasteiger partial charge in [-0.05, 0) is 62.4 Å². The number of rotatable bonds is 7. The molecule has 1 aliphatic heterocycles. The summed E-state index contributed by atoms with van der Waals surface area (Å²) in [4.78, 5) is 26.8. The lowest BCUT2D eigenvalue weighted by atomic mass is 9.97. The Labute approximate surface area is 191 Å². The summed E-state index contributed by atoms with van der Waals surface area (Å²) in [6.07, 6.45) is 4.08. The van der Waals surface area contributed by atoms with E-state index in [4.69, 9.17) is 11.6 Å². The monoisotopic (exact) mass is 459 g/mol. The van der Waals surface area contributed by atoms with Crippen molar-refractivity contribution in [3.05, 3.63) is 40.9 Å². The maximum absolute atomic E-state index is 12.4. The predicted molar refractivity (Wildman–Crippen MR) is 124 cm³/mol. The number of piperidine rings is 1. The van der Waals surface area contributed by atoms with Crippen molar-refractivity contribution in [2.24, 2.45) is 5.92 Å². The second-order valence-corrected chi connectivity index (χ2v) is 9.53. The van der Waals surface area contributed by atoms with Crippen LogP contribution in [0.1, 0.15) is 31.2 Å². The highest BCUT2D eigenvalue weighted by Crippen LogP contribution is 2.25. The number of nitrogens with one attached hydrogen (secondary N) is 2. The molecule has 1 saturated carbocycles. The van der Waals surface area contributed by atoms with E-state index in [1.54, 1.807) is 12.1 Å². The van der Waals surface area contributed by atoms with Gasteiger partial charge in [-0.3, -0.25) is 9.59 Å². The molecule has 7 nitrogen and oxygen atoms in total. The summed E-state index contributed by atoms with van der Waals surface area (Å²) in [6, 6.07) is 9.58. The van der Waals surface area contributed by atoms with Crippen LogP contribution in [0.4, 0.5) is 11.5 Å². The number of anilines is 2. The molecule has 1 aromatic heterocycles. The standard InChI is InChI=1S/C22H26ClN5O2S/c1-14-4-5-16(23)11-18(14)25-20(29)13-31-21-9-8-19(26-27-21)28-10-2-3-15(12-28)22(30)24-17-6-7-17/h4-5,8-9,11,15,17H,2-3,6-7,10,12-13H2,1H3,(H,24,30)(H,25,29). The summed E-state index contributed by atoms with van der Waals surface area (Å²) >= 11 is 7.33. The Morgan fingerprint density at radius 2 is 2.03 bits per heavy atom. The molecule has 4 rings (SSSR count). The number of aryl methyl sites for hydroxylation is 1. The molecule has 1 saturated heterocycles. The van der Waals surface area contributed by atoms with Gasteiger partial charge in [0.2, 0.25) is 11.8 Å². The van der Waals surface area contributed by atoms with Crippen LogP contribution < -0.4 is 15.5 Å². The lowest BCUT2D eigenvalue weighted by molar-refractivity contribution is -0.125. The van der Waals surface area contributed by atoms with Crippen molar-refractivity contribution in [3.8, 4) is 0 Å². The first-order valence-corrected chi connectivity index (χ1v) is 11.9. The van der Waals surface area contributed by atoms with Crippen molar-refractivity contribution >= 4 is 46.7 Å². The number of nitrogens with zero attached hydrogens (tertiary/aromatic N) is 3. The topological polar surface area (TPSA) is 87.2 Å². The average molecular weight is 460 g/mol. The lowest BCUT2D eigenvalue weighted by Crippen LogP contribution is -2.44. The number of halogens is 1. The Hall–Kier alpha value is -2.32. The molecule has 2 fully saturated rings. The minimum Gasteiger partial charge on any atom is -0.354 e. The van der Waals surface area contributed by atoms with Crippen LogP contribution in [0.25, 0.3) is 0 Å². The average Bonchev–Trinajstić information content (AvgIpc) is 3.59. The summed E-state index contributed by atoms with van der Waals surface area (Å²) in [5.41, 5.74) is 1.67. The van der Waals surface area contributed by atoms with E-state index in [9.17, 15) is 9.59 Å². The summed E-state index contributed by atoms with van der Waals surface area (Å²) in [7, 11) is 0. The molecule has 2 heterocycles. The van der Waals surface area contributed by atoms with E-state index in [2.05, 4.69) is 25.7 Å². The van der Waals surface area contributed by atoms with Crippen molar-refractivity contribution in [2.45, 2.75) is 43.7 Å².